The molecule has 122 valence electrons. The van der Waals surface area contributed by atoms with Crippen LogP contribution in [0.4, 0.5) is 9.52 Å². The number of benzene rings is 2. The van der Waals surface area contributed by atoms with E-state index in [0.717, 1.165) is 41.6 Å². The van der Waals surface area contributed by atoms with Gasteiger partial charge in [-0.3, -0.25) is 0 Å². The maximum atomic E-state index is 13.0. The van der Waals surface area contributed by atoms with Crippen LogP contribution in [0, 0.1) is 5.82 Å². The summed E-state index contributed by atoms with van der Waals surface area (Å²) in [5.74, 6) is -0.208. The van der Waals surface area contributed by atoms with Crippen LogP contribution in [0.2, 0.25) is 0 Å². The van der Waals surface area contributed by atoms with Gasteiger partial charge in [-0.05, 0) is 41.7 Å². The minimum atomic E-state index is -0.208. The third kappa shape index (κ3) is 3.31. The standard InChI is InChI=1S/C19H18FN3S/c20-17-9-7-14(8-10-17)12-18-21-22-19(24-18)23-11-3-6-15-4-1-2-5-16(15)13-23/h1-2,4-5,7-10H,3,6,11-13H2. The molecule has 2 aromatic carbocycles. The molecule has 1 aliphatic rings. The average molecular weight is 339 g/mol. The first kappa shape index (κ1) is 15.3. The van der Waals surface area contributed by atoms with Crippen LogP contribution in [-0.4, -0.2) is 16.7 Å². The van der Waals surface area contributed by atoms with E-state index in [1.165, 1.54) is 23.3 Å². The monoisotopic (exact) mass is 339 g/mol. The van der Waals surface area contributed by atoms with Crippen LogP contribution >= 0.6 is 11.3 Å². The van der Waals surface area contributed by atoms with Crippen molar-refractivity contribution in [2.75, 3.05) is 11.4 Å². The molecule has 1 aromatic heterocycles. The van der Waals surface area contributed by atoms with E-state index in [-0.39, 0.29) is 5.82 Å². The fourth-order valence-corrected chi connectivity index (χ4v) is 3.98. The molecule has 0 N–H and O–H groups in total. The Labute approximate surface area is 144 Å². The Balaban J connectivity index is 1.51. The maximum Gasteiger partial charge on any atom is 0.208 e. The van der Waals surface area contributed by atoms with E-state index in [0.29, 0.717) is 6.42 Å². The van der Waals surface area contributed by atoms with Crippen LogP contribution in [0.3, 0.4) is 0 Å². The third-order valence-electron chi connectivity index (χ3n) is 4.35. The van der Waals surface area contributed by atoms with Crippen LogP contribution in [-0.2, 0) is 19.4 Å². The Kier molecular flexibility index (Phi) is 4.26. The molecular weight excluding hydrogens is 321 g/mol. The highest BCUT2D eigenvalue weighted by Crippen LogP contribution is 2.27. The summed E-state index contributed by atoms with van der Waals surface area (Å²) in [6.07, 6.45) is 2.94. The molecule has 0 unspecified atom stereocenters. The Hall–Kier alpha value is -2.27. The first-order valence-electron chi connectivity index (χ1n) is 8.16. The van der Waals surface area contributed by atoms with Crippen molar-refractivity contribution in [3.63, 3.8) is 0 Å². The van der Waals surface area contributed by atoms with Gasteiger partial charge < -0.3 is 4.90 Å². The quantitative estimate of drug-likeness (QED) is 0.715. The molecule has 0 radical (unpaired) electrons. The second-order valence-corrected chi connectivity index (χ2v) is 7.12. The van der Waals surface area contributed by atoms with Crippen molar-refractivity contribution in [2.24, 2.45) is 0 Å². The number of fused-ring (bicyclic) bond motifs is 1. The van der Waals surface area contributed by atoms with E-state index >= 15 is 0 Å². The summed E-state index contributed by atoms with van der Waals surface area (Å²) in [5.41, 5.74) is 3.88. The number of hydrogen-bond donors (Lipinski definition) is 0. The second-order valence-electron chi connectivity index (χ2n) is 6.08. The van der Waals surface area contributed by atoms with Gasteiger partial charge in [-0.2, -0.15) is 0 Å². The molecule has 3 aromatic rings. The smallest absolute Gasteiger partial charge is 0.208 e. The van der Waals surface area contributed by atoms with Crippen molar-refractivity contribution in [2.45, 2.75) is 25.8 Å². The SMILES string of the molecule is Fc1ccc(Cc2nnc(N3CCCc4ccccc4C3)s2)cc1. The van der Waals surface area contributed by atoms with Gasteiger partial charge in [0.1, 0.15) is 10.8 Å². The van der Waals surface area contributed by atoms with Gasteiger partial charge in [0.25, 0.3) is 0 Å². The lowest BCUT2D eigenvalue weighted by Crippen LogP contribution is -2.22. The number of rotatable bonds is 3. The number of anilines is 1. The highest BCUT2D eigenvalue weighted by Gasteiger charge is 2.18. The molecule has 0 bridgehead atoms. The average Bonchev–Trinajstić information content (AvgIpc) is 2.95. The van der Waals surface area contributed by atoms with Crippen molar-refractivity contribution >= 4 is 16.5 Å². The minimum Gasteiger partial charge on any atom is -0.342 e. The van der Waals surface area contributed by atoms with Gasteiger partial charge in [0, 0.05) is 19.5 Å². The topological polar surface area (TPSA) is 29.0 Å². The molecule has 0 spiro atoms. The second kappa shape index (κ2) is 6.69. The summed E-state index contributed by atoms with van der Waals surface area (Å²) in [7, 11) is 0. The Bertz CT molecular complexity index is 829. The Morgan fingerprint density at radius 3 is 2.62 bits per heavy atom. The zero-order chi connectivity index (χ0) is 16.4. The Morgan fingerprint density at radius 2 is 1.79 bits per heavy atom. The number of nitrogens with zero attached hydrogens (tertiary/aromatic N) is 3. The predicted molar refractivity (Wildman–Crippen MR) is 94.9 cm³/mol. The highest BCUT2D eigenvalue weighted by atomic mass is 32.1. The lowest BCUT2D eigenvalue weighted by atomic mass is 10.0. The maximum absolute atomic E-state index is 13.0. The van der Waals surface area contributed by atoms with E-state index in [1.54, 1.807) is 23.5 Å². The molecule has 0 amide bonds. The van der Waals surface area contributed by atoms with Gasteiger partial charge in [0.05, 0.1) is 0 Å². The van der Waals surface area contributed by atoms with Crippen molar-refractivity contribution in [3.05, 3.63) is 76.0 Å². The molecule has 2 heterocycles. The van der Waals surface area contributed by atoms with Gasteiger partial charge in [-0.1, -0.05) is 47.7 Å². The van der Waals surface area contributed by atoms with Crippen molar-refractivity contribution in [3.8, 4) is 0 Å². The molecule has 24 heavy (non-hydrogen) atoms. The predicted octanol–water partition coefficient (Wildman–Crippen LogP) is 4.22. The summed E-state index contributed by atoms with van der Waals surface area (Å²) in [6.45, 7) is 1.89. The number of hydrogen-bond acceptors (Lipinski definition) is 4. The van der Waals surface area contributed by atoms with Crippen LogP contribution in [0.25, 0.3) is 0 Å². The lowest BCUT2D eigenvalue weighted by Gasteiger charge is -2.18. The molecule has 0 atom stereocenters. The highest BCUT2D eigenvalue weighted by molar-refractivity contribution is 7.15. The van der Waals surface area contributed by atoms with Crippen LogP contribution in [0.1, 0.15) is 28.1 Å². The van der Waals surface area contributed by atoms with Gasteiger partial charge in [0.2, 0.25) is 5.13 Å². The third-order valence-corrected chi connectivity index (χ3v) is 5.33. The van der Waals surface area contributed by atoms with E-state index in [9.17, 15) is 4.39 Å². The summed E-state index contributed by atoms with van der Waals surface area (Å²) in [5, 5.41) is 10.7. The van der Waals surface area contributed by atoms with Gasteiger partial charge in [0.15, 0.2) is 0 Å². The van der Waals surface area contributed by atoms with E-state index < -0.39 is 0 Å². The van der Waals surface area contributed by atoms with Crippen molar-refractivity contribution < 1.29 is 4.39 Å². The van der Waals surface area contributed by atoms with E-state index in [4.69, 9.17) is 0 Å². The molecule has 0 fully saturated rings. The largest absolute Gasteiger partial charge is 0.342 e. The summed E-state index contributed by atoms with van der Waals surface area (Å²) < 4.78 is 13.0. The molecular formula is C19H18FN3S. The van der Waals surface area contributed by atoms with Crippen molar-refractivity contribution in [1.29, 1.82) is 0 Å². The van der Waals surface area contributed by atoms with E-state index in [2.05, 4.69) is 39.4 Å². The molecule has 3 nitrogen and oxygen atoms in total. The number of halogens is 1. The number of aromatic nitrogens is 2. The first-order valence-corrected chi connectivity index (χ1v) is 8.98. The fourth-order valence-electron chi connectivity index (χ4n) is 3.08. The van der Waals surface area contributed by atoms with Crippen LogP contribution in [0.15, 0.2) is 48.5 Å². The summed E-state index contributed by atoms with van der Waals surface area (Å²) in [4.78, 5) is 2.32. The fraction of sp³-hybridized carbons (Fsp3) is 0.263. The normalized spacial score (nSPS) is 14.3. The molecule has 0 saturated heterocycles. The Morgan fingerprint density at radius 1 is 1.00 bits per heavy atom. The summed E-state index contributed by atoms with van der Waals surface area (Å²) >= 11 is 1.63. The zero-order valence-corrected chi connectivity index (χ0v) is 14.1. The van der Waals surface area contributed by atoms with Gasteiger partial charge in [-0.15, -0.1) is 10.2 Å². The zero-order valence-electron chi connectivity index (χ0n) is 13.3. The molecule has 1 aliphatic heterocycles. The van der Waals surface area contributed by atoms with Crippen molar-refractivity contribution in [1.82, 2.24) is 10.2 Å². The van der Waals surface area contributed by atoms with Crippen LogP contribution < -0.4 is 4.90 Å². The molecule has 5 heteroatoms. The number of aryl methyl sites for hydroxylation is 1. The molecule has 0 saturated carbocycles. The summed E-state index contributed by atoms with van der Waals surface area (Å²) in [6, 6.07) is 15.2. The van der Waals surface area contributed by atoms with Gasteiger partial charge >= 0.3 is 0 Å². The van der Waals surface area contributed by atoms with Crippen LogP contribution in [0.5, 0.6) is 0 Å². The van der Waals surface area contributed by atoms with Gasteiger partial charge in [-0.25, -0.2) is 4.39 Å². The minimum absolute atomic E-state index is 0.208. The van der Waals surface area contributed by atoms with E-state index in [1.807, 2.05) is 0 Å². The molecule has 0 aliphatic carbocycles. The first-order chi connectivity index (χ1) is 11.8. The molecule has 4 rings (SSSR count). The lowest BCUT2D eigenvalue weighted by molar-refractivity contribution is 0.627.